The number of carbonyl (C=O) groups excluding carboxylic acids is 1. The predicted molar refractivity (Wildman–Crippen MR) is 73.0 cm³/mol. The Balaban J connectivity index is 2.03. The molecule has 4 nitrogen and oxygen atoms in total. The summed E-state index contributed by atoms with van der Waals surface area (Å²) in [6.45, 7) is 1.99. The second kappa shape index (κ2) is 4.68. The summed E-state index contributed by atoms with van der Waals surface area (Å²) >= 11 is 0. The van der Waals surface area contributed by atoms with E-state index in [9.17, 15) is 9.90 Å². The molecule has 3 rings (SSSR count). The van der Waals surface area contributed by atoms with Crippen molar-refractivity contribution in [3.8, 4) is 5.75 Å². The minimum Gasteiger partial charge on any atom is -0.507 e. The standard InChI is InChI=1S/C15H18N2O2/c1-9-6-7-13(18)12(8-9)14-10-4-2-3-5-11(10)15(19)17-16-14/h6-8,10-11,18H,2-5H2,1H3,(H,17,19). The van der Waals surface area contributed by atoms with Crippen molar-refractivity contribution >= 4 is 11.6 Å². The zero-order chi connectivity index (χ0) is 13.4. The quantitative estimate of drug-likeness (QED) is 0.812. The molecule has 1 saturated carbocycles. The third-order valence-electron chi connectivity index (χ3n) is 4.17. The number of benzene rings is 1. The molecule has 1 amide bonds. The third-order valence-corrected chi connectivity index (χ3v) is 4.17. The highest BCUT2D eigenvalue weighted by Gasteiger charge is 2.38. The highest BCUT2D eigenvalue weighted by molar-refractivity contribution is 6.08. The molecule has 1 aliphatic carbocycles. The van der Waals surface area contributed by atoms with E-state index in [4.69, 9.17) is 0 Å². The molecule has 2 N–H and O–H groups in total. The van der Waals surface area contributed by atoms with Crippen molar-refractivity contribution in [2.75, 3.05) is 0 Å². The van der Waals surface area contributed by atoms with E-state index in [0.29, 0.717) is 0 Å². The van der Waals surface area contributed by atoms with Gasteiger partial charge in [0.05, 0.1) is 5.71 Å². The normalized spacial score (nSPS) is 26.4. The Hall–Kier alpha value is -1.84. The average Bonchev–Trinajstić information content (AvgIpc) is 2.43. The fourth-order valence-electron chi connectivity index (χ4n) is 3.17. The molecule has 4 heteroatoms. The summed E-state index contributed by atoms with van der Waals surface area (Å²) in [7, 11) is 0. The van der Waals surface area contributed by atoms with Gasteiger partial charge in [-0.15, -0.1) is 0 Å². The Morgan fingerprint density at radius 3 is 2.79 bits per heavy atom. The molecule has 0 radical (unpaired) electrons. The number of aromatic hydroxyl groups is 1. The lowest BCUT2D eigenvalue weighted by molar-refractivity contribution is -0.127. The topological polar surface area (TPSA) is 61.7 Å². The highest BCUT2D eigenvalue weighted by atomic mass is 16.3. The lowest BCUT2D eigenvalue weighted by atomic mass is 9.73. The summed E-state index contributed by atoms with van der Waals surface area (Å²) in [6.07, 6.45) is 4.12. The van der Waals surface area contributed by atoms with E-state index in [1.807, 2.05) is 19.1 Å². The number of rotatable bonds is 1. The maximum Gasteiger partial charge on any atom is 0.243 e. The van der Waals surface area contributed by atoms with Crippen molar-refractivity contribution in [2.45, 2.75) is 32.6 Å². The second-order valence-corrected chi connectivity index (χ2v) is 5.49. The Morgan fingerprint density at radius 1 is 1.26 bits per heavy atom. The number of phenolic OH excluding ortho intramolecular Hbond substituents is 1. The van der Waals surface area contributed by atoms with Gasteiger partial charge in [0.25, 0.3) is 0 Å². The van der Waals surface area contributed by atoms with Gasteiger partial charge in [-0.3, -0.25) is 4.79 Å². The molecule has 1 aromatic rings. The second-order valence-electron chi connectivity index (χ2n) is 5.49. The molecule has 2 atom stereocenters. The number of carbonyl (C=O) groups is 1. The molecule has 1 heterocycles. The van der Waals surface area contributed by atoms with Crippen molar-refractivity contribution in [3.63, 3.8) is 0 Å². The van der Waals surface area contributed by atoms with E-state index < -0.39 is 0 Å². The van der Waals surface area contributed by atoms with Crippen molar-refractivity contribution in [3.05, 3.63) is 29.3 Å². The Kier molecular flexibility index (Phi) is 3.01. The molecule has 2 unspecified atom stereocenters. The smallest absolute Gasteiger partial charge is 0.243 e. The van der Waals surface area contributed by atoms with E-state index in [1.165, 1.54) is 0 Å². The zero-order valence-electron chi connectivity index (χ0n) is 11.0. The Morgan fingerprint density at radius 2 is 2.00 bits per heavy atom. The molecule has 0 saturated heterocycles. The van der Waals surface area contributed by atoms with Gasteiger partial charge < -0.3 is 5.11 Å². The first kappa shape index (κ1) is 12.2. The molecule has 2 aliphatic rings. The van der Waals surface area contributed by atoms with Gasteiger partial charge in [0.1, 0.15) is 5.75 Å². The van der Waals surface area contributed by atoms with Gasteiger partial charge in [0.2, 0.25) is 5.91 Å². The SMILES string of the molecule is Cc1ccc(O)c(C2=NNC(=O)C3CCCCC23)c1. The fraction of sp³-hybridized carbons (Fsp3) is 0.467. The fourth-order valence-corrected chi connectivity index (χ4v) is 3.17. The minimum absolute atomic E-state index is 0.0150. The number of hydrogen-bond acceptors (Lipinski definition) is 3. The number of fused-ring (bicyclic) bond motifs is 1. The number of hydrogen-bond donors (Lipinski definition) is 2. The summed E-state index contributed by atoms with van der Waals surface area (Å²) in [5.74, 6) is 0.432. The monoisotopic (exact) mass is 258 g/mol. The first-order valence-corrected chi connectivity index (χ1v) is 6.84. The lowest BCUT2D eigenvalue weighted by Crippen LogP contribution is -2.43. The molecule has 19 heavy (non-hydrogen) atoms. The van der Waals surface area contributed by atoms with Gasteiger partial charge in [-0.2, -0.15) is 5.10 Å². The van der Waals surface area contributed by atoms with E-state index >= 15 is 0 Å². The molecule has 1 fully saturated rings. The van der Waals surface area contributed by atoms with E-state index in [0.717, 1.165) is 42.5 Å². The van der Waals surface area contributed by atoms with E-state index in [1.54, 1.807) is 6.07 Å². The third kappa shape index (κ3) is 2.11. The largest absolute Gasteiger partial charge is 0.507 e. The zero-order valence-corrected chi connectivity index (χ0v) is 11.0. The summed E-state index contributed by atoms with van der Waals surface area (Å²) in [5, 5.41) is 14.3. The van der Waals surface area contributed by atoms with Gasteiger partial charge in [-0.25, -0.2) is 5.43 Å². The van der Waals surface area contributed by atoms with Crippen LogP contribution in [0.25, 0.3) is 0 Å². The van der Waals surface area contributed by atoms with Crippen molar-refractivity contribution in [1.82, 2.24) is 5.43 Å². The van der Waals surface area contributed by atoms with Crippen LogP contribution in [0.4, 0.5) is 0 Å². The van der Waals surface area contributed by atoms with Crippen LogP contribution in [-0.2, 0) is 4.79 Å². The number of amides is 1. The summed E-state index contributed by atoms with van der Waals surface area (Å²) in [5.41, 5.74) is 5.30. The first-order valence-electron chi connectivity index (χ1n) is 6.84. The summed E-state index contributed by atoms with van der Waals surface area (Å²) < 4.78 is 0. The minimum atomic E-state index is 0.0150. The molecule has 100 valence electrons. The predicted octanol–water partition coefficient (Wildman–Crippen LogP) is 2.34. The first-order chi connectivity index (χ1) is 9.16. The highest BCUT2D eigenvalue weighted by Crippen LogP contribution is 2.36. The summed E-state index contributed by atoms with van der Waals surface area (Å²) in [6, 6.07) is 5.51. The lowest BCUT2D eigenvalue weighted by Gasteiger charge is -2.34. The molecular weight excluding hydrogens is 240 g/mol. The number of nitrogens with zero attached hydrogens (tertiary/aromatic N) is 1. The molecule has 1 aromatic carbocycles. The van der Waals surface area contributed by atoms with Gasteiger partial charge in [-0.1, -0.05) is 24.5 Å². The van der Waals surface area contributed by atoms with Crippen molar-refractivity contribution in [1.29, 1.82) is 0 Å². The maximum absolute atomic E-state index is 11.9. The van der Waals surface area contributed by atoms with Crippen LogP contribution < -0.4 is 5.43 Å². The number of aryl methyl sites for hydroxylation is 1. The van der Waals surface area contributed by atoms with Crippen LogP contribution in [0, 0.1) is 18.8 Å². The van der Waals surface area contributed by atoms with Crippen LogP contribution in [0.2, 0.25) is 0 Å². The van der Waals surface area contributed by atoms with E-state index in [2.05, 4.69) is 10.5 Å². The number of hydrazone groups is 1. The van der Waals surface area contributed by atoms with Gasteiger partial charge in [-0.05, 0) is 31.9 Å². The molecule has 0 aromatic heterocycles. The van der Waals surface area contributed by atoms with Crippen LogP contribution >= 0.6 is 0 Å². The molecular formula is C15H18N2O2. The number of phenols is 1. The average molecular weight is 258 g/mol. The van der Waals surface area contributed by atoms with Gasteiger partial charge >= 0.3 is 0 Å². The van der Waals surface area contributed by atoms with Crippen LogP contribution in [0.5, 0.6) is 5.75 Å². The van der Waals surface area contributed by atoms with Crippen LogP contribution in [0.1, 0.15) is 36.8 Å². The summed E-state index contributed by atoms with van der Waals surface area (Å²) in [4.78, 5) is 11.9. The Labute approximate surface area is 112 Å². The van der Waals surface area contributed by atoms with Crippen LogP contribution in [0.15, 0.2) is 23.3 Å². The maximum atomic E-state index is 11.9. The van der Waals surface area contributed by atoms with Crippen molar-refractivity contribution < 1.29 is 9.90 Å². The van der Waals surface area contributed by atoms with Gasteiger partial charge in [0, 0.05) is 17.4 Å². The number of nitrogens with one attached hydrogen (secondary N) is 1. The molecule has 0 bridgehead atoms. The van der Waals surface area contributed by atoms with Crippen molar-refractivity contribution in [2.24, 2.45) is 16.9 Å². The van der Waals surface area contributed by atoms with Crippen LogP contribution in [0.3, 0.4) is 0 Å². The molecule has 0 spiro atoms. The molecule has 1 aliphatic heterocycles. The van der Waals surface area contributed by atoms with E-state index in [-0.39, 0.29) is 23.5 Å². The Bertz CT molecular complexity index is 551. The van der Waals surface area contributed by atoms with Gasteiger partial charge in [0.15, 0.2) is 0 Å². The van der Waals surface area contributed by atoms with Crippen LogP contribution in [-0.4, -0.2) is 16.7 Å².